The highest BCUT2D eigenvalue weighted by Crippen LogP contribution is 2.08. The molecular formula is C10H20. The van der Waals surface area contributed by atoms with E-state index in [4.69, 9.17) is 0 Å². The maximum absolute atomic E-state index is 4.60. The van der Waals surface area contributed by atoms with Crippen LogP contribution in [0.4, 0.5) is 0 Å². The van der Waals surface area contributed by atoms with E-state index in [1.165, 1.54) is 6.42 Å². The molecule has 0 aliphatic carbocycles. The second-order valence-electron chi connectivity index (χ2n) is 3.31. The largest absolute Gasteiger partial charge is 0.120 e. The van der Waals surface area contributed by atoms with Gasteiger partial charge in [0.2, 0.25) is 0 Å². The number of rotatable bonds is 2. The minimum Gasteiger partial charge on any atom is -0.120 e. The summed E-state index contributed by atoms with van der Waals surface area (Å²) >= 11 is 0. The van der Waals surface area contributed by atoms with Crippen molar-refractivity contribution in [2.75, 3.05) is 0 Å². The Bertz CT molecular complexity index is 76.7. The van der Waals surface area contributed by atoms with Crippen LogP contribution in [0.2, 0.25) is 0 Å². The Labute approximate surface area is 66.0 Å². The van der Waals surface area contributed by atoms with Gasteiger partial charge in [0.15, 0.2) is 0 Å². The maximum Gasteiger partial charge on any atom is -0.00297 e. The third-order valence-corrected chi connectivity index (χ3v) is 0.943. The molecule has 0 spiro atoms. The highest BCUT2D eigenvalue weighted by molar-refractivity contribution is 4.73. The molecule has 0 heterocycles. The SMILES string of the molecule is C#CC.CC(C)CC(C)C. The van der Waals surface area contributed by atoms with Crippen LogP contribution < -0.4 is 0 Å². The van der Waals surface area contributed by atoms with Gasteiger partial charge in [-0.2, -0.15) is 0 Å². The molecule has 0 aromatic rings. The van der Waals surface area contributed by atoms with E-state index < -0.39 is 0 Å². The fourth-order valence-corrected chi connectivity index (χ4v) is 0.943. The van der Waals surface area contributed by atoms with Gasteiger partial charge in [-0.25, -0.2) is 0 Å². The fourth-order valence-electron chi connectivity index (χ4n) is 0.943. The summed E-state index contributed by atoms with van der Waals surface area (Å²) in [7, 11) is 0. The summed E-state index contributed by atoms with van der Waals surface area (Å²) in [6.07, 6.45) is 5.96. The van der Waals surface area contributed by atoms with E-state index in [1.807, 2.05) is 0 Å². The topological polar surface area (TPSA) is 0 Å². The molecule has 0 heteroatoms. The second kappa shape index (κ2) is 8.56. The standard InChI is InChI=1S/C7H16.C3H4/c1-6(2)5-7(3)4;1-3-2/h6-7H,5H2,1-4H3;1H,2H3. The van der Waals surface area contributed by atoms with Gasteiger partial charge in [0.05, 0.1) is 0 Å². The van der Waals surface area contributed by atoms with Gasteiger partial charge >= 0.3 is 0 Å². The van der Waals surface area contributed by atoms with Crippen molar-refractivity contribution in [3.63, 3.8) is 0 Å². The van der Waals surface area contributed by atoms with E-state index in [9.17, 15) is 0 Å². The van der Waals surface area contributed by atoms with Crippen LogP contribution in [0.5, 0.6) is 0 Å². The summed E-state index contributed by atoms with van der Waals surface area (Å²) in [5.41, 5.74) is 0. The molecule has 0 saturated carbocycles. The Kier molecular flexibility index (Phi) is 10.5. The van der Waals surface area contributed by atoms with Gasteiger partial charge in [0.25, 0.3) is 0 Å². The van der Waals surface area contributed by atoms with Gasteiger partial charge in [0.1, 0.15) is 0 Å². The smallest absolute Gasteiger partial charge is 0.00297 e. The van der Waals surface area contributed by atoms with E-state index in [1.54, 1.807) is 6.92 Å². The molecule has 0 saturated heterocycles. The normalized spacial score (nSPS) is 8.60. The molecule has 0 fully saturated rings. The van der Waals surface area contributed by atoms with Crippen molar-refractivity contribution in [3.05, 3.63) is 0 Å². The van der Waals surface area contributed by atoms with Gasteiger partial charge in [0, 0.05) is 0 Å². The molecule has 0 amide bonds. The van der Waals surface area contributed by atoms with Crippen LogP contribution in [-0.2, 0) is 0 Å². The molecule has 0 atom stereocenters. The lowest BCUT2D eigenvalue weighted by Crippen LogP contribution is -1.93. The van der Waals surface area contributed by atoms with Crippen LogP contribution in [0.15, 0.2) is 0 Å². The molecule has 0 rings (SSSR count). The number of hydrogen-bond acceptors (Lipinski definition) is 0. The lowest BCUT2D eigenvalue weighted by atomic mass is 10.0. The zero-order valence-electron chi connectivity index (χ0n) is 7.94. The van der Waals surface area contributed by atoms with Crippen LogP contribution in [0, 0.1) is 24.2 Å². The quantitative estimate of drug-likeness (QED) is 0.516. The highest BCUT2D eigenvalue weighted by Gasteiger charge is 1.95. The summed E-state index contributed by atoms with van der Waals surface area (Å²) in [5.74, 6) is 4.00. The van der Waals surface area contributed by atoms with Crippen LogP contribution >= 0.6 is 0 Å². The third-order valence-electron chi connectivity index (χ3n) is 0.943. The first-order chi connectivity index (χ1) is 4.54. The van der Waals surface area contributed by atoms with E-state index in [-0.39, 0.29) is 0 Å². The van der Waals surface area contributed by atoms with Crippen LogP contribution in [0.25, 0.3) is 0 Å². The summed E-state index contributed by atoms with van der Waals surface area (Å²) < 4.78 is 0. The Morgan fingerprint density at radius 1 is 1.10 bits per heavy atom. The summed E-state index contributed by atoms with van der Waals surface area (Å²) in [6, 6.07) is 0. The Morgan fingerprint density at radius 2 is 1.30 bits per heavy atom. The first-order valence-electron chi connectivity index (χ1n) is 3.91. The van der Waals surface area contributed by atoms with Gasteiger partial charge < -0.3 is 0 Å². The van der Waals surface area contributed by atoms with Gasteiger partial charge in [-0.1, -0.05) is 27.7 Å². The van der Waals surface area contributed by atoms with Crippen molar-refractivity contribution in [3.8, 4) is 12.3 Å². The molecular weight excluding hydrogens is 120 g/mol. The summed E-state index contributed by atoms with van der Waals surface area (Å²) in [6.45, 7) is 10.7. The third kappa shape index (κ3) is 25.7. The van der Waals surface area contributed by atoms with Crippen molar-refractivity contribution < 1.29 is 0 Å². The molecule has 10 heavy (non-hydrogen) atoms. The molecule has 0 N–H and O–H groups in total. The Morgan fingerprint density at radius 3 is 1.30 bits per heavy atom. The molecule has 0 bridgehead atoms. The Hall–Kier alpha value is -0.440. The van der Waals surface area contributed by atoms with Gasteiger partial charge in [-0.3, -0.25) is 0 Å². The molecule has 0 radical (unpaired) electrons. The number of terminal acetylenes is 1. The van der Waals surface area contributed by atoms with Crippen molar-refractivity contribution in [2.24, 2.45) is 11.8 Å². The van der Waals surface area contributed by atoms with Crippen molar-refractivity contribution >= 4 is 0 Å². The van der Waals surface area contributed by atoms with E-state index in [0.717, 1.165) is 11.8 Å². The first kappa shape index (κ1) is 12.3. The minimum absolute atomic E-state index is 0.875. The van der Waals surface area contributed by atoms with Crippen LogP contribution in [-0.4, -0.2) is 0 Å². The average molecular weight is 140 g/mol. The highest BCUT2D eigenvalue weighted by atomic mass is 14.0. The fraction of sp³-hybridized carbons (Fsp3) is 0.800. The van der Waals surface area contributed by atoms with Crippen molar-refractivity contribution in [2.45, 2.75) is 41.0 Å². The predicted molar refractivity (Wildman–Crippen MR) is 48.8 cm³/mol. The average Bonchev–Trinajstić information content (AvgIpc) is 1.62. The summed E-state index contributed by atoms with van der Waals surface area (Å²) in [4.78, 5) is 0. The minimum atomic E-state index is 0.875. The molecule has 0 aromatic carbocycles. The zero-order valence-corrected chi connectivity index (χ0v) is 7.94. The second-order valence-corrected chi connectivity index (χ2v) is 3.31. The molecule has 0 aromatic heterocycles. The lowest BCUT2D eigenvalue weighted by molar-refractivity contribution is 0.469. The van der Waals surface area contributed by atoms with E-state index in [0.29, 0.717) is 0 Å². The number of hydrogen-bond donors (Lipinski definition) is 0. The van der Waals surface area contributed by atoms with E-state index >= 15 is 0 Å². The monoisotopic (exact) mass is 140 g/mol. The molecule has 0 aliphatic rings. The van der Waals surface area contributed by atoms with Gasteiger partial charge in [-0.05, 0) is 25.2 Å². The lowest BCUT2D eigenvalue weighted by Gasteiger charge is -2.05. The predicted octanol–water partition coefficient (Wildman–Crippen LogP) is 3.33. The van der Waals surface area contributed by atoms with Crippen LogP contribution in [0.3, 0.4) is 0 Å². The van der Waals surface area contributed by atoms with Crippen LogP contribution in [0.1, 0.15) is 41.0 Å². The first-order valence-corrected chi connectivity index (χ1v) is 3.91. The zero-order chi connectivity index (χ0) is 8.57. The molecule has 0 aliphatic heterocycles. The van der Waals surface area contributed by atoms with Crippen molar-refractivity contribution in [1.29, 1.82) is 0 Å². The Balaban J connectivity index is 0. The maximum atomic E-state index is 4.60. The van der Waals surface area contributed by atoms with Gasteiger partial charge in [-0.15, -0.1) is 12.3 Å². The molecule has 0 unspecified atom stereocenters. The van der Waals surface area contributed by atoms with Crippen molar-refractivity contribution in [1.82, 2.24) is 0 Å². The van der Waals surface area contributed by atoms with E-state index in [2.05, 4.69) is 40.0 Å². The molecule has 60 valence electrons. The molecule has 0 nitrogen and oxygen atoms in total. The summed E-state index contributed by atoms with van der Waals surface area (Å²) in [5, 5.41) is 0.